The fraction of sp³-hybridized carbons (Fsp3) is 1.00. The van der Waals surface area contributed by atoms with Crippen molar-refractivity contribution in [2.24, 2.45) is 23.5 Å². The van der Waals surface area contributed by atoms with Crippen LogP contribution in [0.1, 0.15) is 44.9 Å². The van der Waals surface area contributed by atoms with Gasteiger partial charge in [0.1, 0.15) is 0 Å². The maximum atomic E-state index is 9.48. The number of hydrogen-bond donors (Lipinski definition) is 2. The maximum absolute atomic E-state index is 9.48. The minimum Gasteiger partial charge on any atom is -0.394 e. The van der Waals surface area contributed by atoms with Gasteiger partial charge in [0, 0.05) is 18.6 Å². The number of hydrogen-bond acceptors (Lipinski definition) is 3. The van der Waals surface area contributed by atoms with Crippen LogP contribution >= 0.6 is 0 Å². The molecule has 2 aliphatic carbocycles. The van der Waals surface area contributed by atoms with Crippen molar-refractivity contribution in [1.29, 1.82) is 0 Å². The van der Waals surface area contributed by atoms with Gasteiger partial charge < -0.3 is 15.7 Å². The minimum absolute atomic E-state index is 0.170. The summed E-state index contributed by atoms with van der Waals surface area (Å²) in [5.74, 6) is 2.53. The van der Waals surface area contributed by atoms with Crippen LogP contribution in [0.15, 0.2) is 0 Å². The van der Waals surface area contributed by atoms with E-state index in [-0.39, 0.29) is 12.1 Å². The molecule has 1 aliphatic heterocycles. The van der Waals surface area contributed by atoms with E-state index in [9.17, 15) is 5.11 Å². The van der Waals surface area contributed by atoms with E-state index in [2.05, 4.69) is 4.90 Å². The van der Waals surface area contributed by atoms with Gasteiger partial charge in [-0.05, 0) is 56.4 Å². The molecule has 2 saturated carbocycles. The second kappa shape index (κ2) is 5.10. The first-order chi connectivity index (χ1) is 8.71. The quantitative estimate of drug-likeness (QED) is 0.799. The lowest BCUT2D eigenvalue weighted by Crippen LogP contribution is -2.47. The molecule has 0 radical (unpaired) electrons. The third kappa shape index (κ3) is 2.33. The Morgan fingerprint density at radius 2 is 1.83 bits per heavy atom. The number of fused-ring (bicyclic) bond motifs is 1. The summed E-state index contributed by atoms with van der Waals surface area (Å²) in [6.45, 7) is 4.03. The first-order valence-electron chi connectivity index (χ1n) is 7.83. The van der Waals surface area contributed by atoms with Crippen LogP contribution in [0.25, 0.3) is 0 Å². The second-order valence-corrected chi connectivity index (χ2v) is 6.98. The van der Waals surface area contributed by atoms with Crippen molar-refractivity contribution in [2.45, 2.75) is 50.5 Å². The lowest BCUT2D eigenvalue weighted by Gasteiger charge is -2.30. The van der Waals surface area contributed by atoms with Crippen LogP contribution in [0.3, 0.4) is 0 Å². The van der Waals surface area contributed by atoms with Crippen molar-refractivity contribution in [2.75, 3.05) is 26.2 Å². The fourth-order valence-corrected chi connectivity index (χ4v) is 4.66. The molecule has 1 saturated heterocycles. The van der Waals surface area contributed by atoms with E-state index >= 15 is 0 Å². The van der Waals surface area contributed by atoms with Crippen molar-refractivity contribution < 1.29 is 5.11 Å². The van der Waals surface area contributed by atoms with Gasteiger partial charge in [0.25, 0.3) is 0 Å². The number of aliphatic hydroxyl groups excluding tert-OH is 1. The number of nitrogens with two attached hydrogens (primary N) is 1. The molecule has 0 bridgehead atoms. The van der Waals surface area contributed by atoms with Gasteiger partial charge in [-0.3, -0.25) is 0 Å². The Kier molecular flexibility index (Phi) is 3.65. The summed E-state index contributed by atoms with van der Waals surface area (Å²) in [7, 11) is 0. The Labute approximate surface area is 111 Å². The topological polar surface area (TPSA) is 49.5 Å². The van der Waals surface area contributed by atoms with Crippen molar-refractivity contribution in [3.8, 4) is 0 Å². The van der Waals surface area contributed by atoms with E-state index in [0.717, 1.165) is 18.3 Å². The average Bonchev–Trinajstić information content (AvgIpc) is 3.01. The number of aliphatic hydroxyl groups is 1. The normalized spacial score (nSPS) is 44.7. The molecule has 4 atom stereocenters. The molecule has 3 nitrogen and oxygen atoms in total. The Morgan fingerprint density at radius 3 is 2.50 bits per heavy atom. The first-order valence-corrected chi connectivity index (χ1v) is 7.83. The molecule has 0 spiro atoms. The van der Waals surface area contributed by atoms with E-state index in [1.165, 1.54) is 58.2 Å². The summed E-state index contributed by atoms with van der Waals surface area (Å²) >= 11 is 0. The molecule has 0 aromatic heterocycles. The van der Waals surface area contributed by atoms with Gasteiger partial charge in [-0.15, -0.1) is 0 Å². The van der Waals surface area contributed by atoms with Crippen LogP contribution in [0.5, 0.6) is 0 Å². The molecule has 18 heavy (non-hydrogen) atoms. The molecule has 0 aromatic rings. The van der Waals surface area contributed by atoms with E-state index < -0.39 is 0 Å². The standard InChI is InChI=1S/C15H28N2O/c16-15(11-18)7-2-5-14(15)6-8-17-9-12-3-1-4-13(12)10-17/h12-14,18H,1-11,16H2. The molecule has 3 N–H and O–H groups in total. The molecule has 4 unspecified atom stereocenters. The molecular weight excluding hydrogens is 224 g/mol. The Hall–Kier alpha value is -0.120. The molecule has 3 heteroatoms. The molecule has 3 fully saturated rings. The molecule has 0 aromatic carbocycles. The van der Waals surface area contributed by atoms with Crippen molar-refractivity contribution >= 4 is 0 Å². The van der Waals surface area contributed by atoms with E-state index in [4.69, 9.17) is 5.73 Å². The zero-order valence-electron chi connectivity index (χ0n) is 11.5. The summed E-state index contributed by atoms with van der Waals surface area (Å²) < 4.78 is 0. The average molecular weight is 252 g/mol. The monoisotopic (exact) mass is 252 g/mol. The van der Waals surface area contributed by atoms with Gasteiger partial charge in [0.05, 0.1) is 6.61 Å². The largest absolute Gasteiger partial charge is 0.394 e. The van der Waals surface area contributed by atoms with Crippen LogP contribution in [0.2, 0.25) is 0 Å². The molecule has 3 aliphatic rings. The van der Waals surface area contributed by atoms with Crippen molar-refractivity contribution in [3.05, 3.63) is 0 Å². The summed E-state index contributed by atoms with van der Waals surface area (Å²) in [5.41, 5.74) is 6.04. The van der Waals surface area contributed by atoms with Gasteiger partial charge in [0.2, 0.25) is 0 Å². The summed E-state index contributed by atoms with van der Waals surface area (Å²) in [5, 5.41) is 9.48. The SMILES string of the molecule is NC1(CO)CCCC1CCN1CC2CCCC2C1. The molecular formula is C15H28N2O. The summed E-state index contributed by atoms with van der Waals surface area (Å²) in [6.07, 6.45) is 9.01. The molecule has 104 valence electrons. The highest BCUT2D eigenvalue weighted by Crippen LogP contribution is 2.39. The third-order valence-electron chi connectivity index (χ3n) is 5.90. The highest BCUT2D eigenvalue weighted by Gasteiger charge is 2.40. The highest BCUT2D eigenvalue weighted by atomic mass is 16.3. The van der Waals surface area contributed by atoms with Gasteiger partial charge in [-0.1, -0.05) is 12.8 Å². The number of nitrogens with zero attached hydrogens (tertiary/aromatic N) is 1. The zero-order valence-corrected chi connectivity index (χ0v) is 11.5. The Balaban J connectivity index is 1.47. The van der Waals surface area contributed by atoms with Crippen LogP contribution in [-0.4, -0.2) is 41.8 Å². The zero-order chi connectivity index (χ0) is 12.6. The van der Waals surface area contributed by atoms with Crippen LogP contribution in [0, 0.1) is 17.8 Å². The van der Waals surface area contributed by atoms with E-state index in [1.54, 1.807) is 0 Å². The third-order valence-corrected chi connectivity index (χ3v) is 5.90. The molecule has 1 heterocycles. The Bertz CT molecular complexity index is 284. The summed E-state index contributed by atoms with van der Waals surface area (Å²) in [6, 6.07) is 0. The smallest absolute Gasteiger partial charge is 0.0613 e. The minimum atomic E-state index is -0.268. The number of rotatable bonds is 4. The highest BCUT2D eigenvalue weighted by molar-refractivity contribution is 4.97. The predicted molar refractivity (Wildman–Crippen MR) is 73.2 cm³/mol. The van der Waals surface area contributed by atoms with E-state index in [1.807, 2.05) is 0 Å². The lowest BCUT2D eigenvalue weighted by atomic mass is 9.86. The lowest BCUT2D eigenvalue weighted by molar-refractivity contribution is 0.146. The number of likely N-dealkylation sites (tertiary alicyclic amines) is 1. The fourth-order valence-electron chi connectivity index (χ4n) is 4.66. The van der Waals surface area contributed by atoms with Gasteiger partial charge >= 0.3 is 0 Å². The maximum Gasteiger partial charge on any atom is 0.0613 e. The van der Waals surface area contributed by atoms with Crippen molar-refractivity contribution in [3.63, 3.8) is 0 Å². The van der Waals surface area contributed by atoms with Crippen molar-refractivity contribution in [1.82, 2.24) is 4.90 Å². The van der Waals surface area contributed by atoms with Gasteiger partial charge in [-0.25, -0.2) is 0 Å². The molecule has 0 amide bonds. The van der Waals surface area contributed by atoms with Crippen LogP contribution in [-0.2, 0) is 0 Å². The summed E-state index contributed by atoms with van der Waals surface area (Å²) in [4.78, 5) is 2.66. The molecule has 3 rings (SSSR count). The van der Waals surface area contributed by atoms with E-state index in [0.29, 0.717) is 5.92 Å². The van der Waals surface area contributed by atoms with Gasteiger partial charge in [-0.2, -0.15) is 0 Å². The first kappa shape index (κ1) is 12.9. The second-order valence-electron chi connectivity index (χ2n) is 6.98. The van der Waals surface area contributed by atoms with Gasteiger partial charge in [0.15, 0.2) is 0 Å². The van der Waals surface area contributed by atoms with Crippen LogP contribution in [0.4, 0.5) is 0 Å². The predicted octanol–water partition coefficient (Wildman–Crippen LogP) is 1.60. The van der Waals surface area contributed by atoms with Crippen LogP contribution < -0.4 is 5.73 Å². The Morgan fingerprint density at radius 1 is 1.11 bits per heavy atom.